The van der Waals surface area contributed by atoms with Crippen molar-refractivity contribution in [2.24, 2.45) is 5.41 Å². The van der Waals surface area contributed by atoms with E-state index in [0.717, 1.165) is 18.4 Å². The maximum absolute atomic E-state index is 11.1. The van der Waals surface area contributed by atoms with Crippen LogP contribution in [-0.2, 0) is 4.79 Å². The second kappa shape index (κ2) is 3.94. The van der Waals surface area contributed by atoms with Crippen LogP contribution in [0.2, 0.25) is 0 Å². The summed E-state index contributed by atoms with van der Waals surface area (Å²) < 4.78 is 0. The zero-order valence-electron chi connectivity index (χ0n) is 9.50. The number of rotatable bonds is 3. The van der Waals surface area contributed by atoms with Crippen molar-refractivity contribution < 1.29 is 15.0 Å². The molecule has 0 aliphatic carbocycles. The van der Waals surface area contributed by atoms with E-state index in [2.05, 4.69) is 12.2 Å². The molecule has 0 unspecified atom stereocenters. The largest absolute Gasteiger partial charge is 0.358 e. The van der Waals surface area contributed by atoms with E-state index in [4.69, 9.17) is 0 Å². The summed E-state index contributed by atoms with van der Waals surface area (Å²) >= 11 is 0. The molecule has 4 nitrogen and oxygen atoms in total. The summed E-state index contributed by atoms with van der Waals surface area (Å²) in [5.74, 6) is -3.01. The minimum absolute atomic E-state index is 0.00810. The molecule has 0 aromatic heterocycles. The van der Waals surface area contributed by atoms with Gasteiger partial charge in [0.2, 0.25) is 5.79 Å². The smallest absolute Gasteiger partial charge is 0.284 e. The molecule has 0 saturated heterocycles. The molecule has 1 rings (SSSR count). The minimum atomic E-state index is -2.25. The van der Waals surface area contributed by atoms with Gasteiger partial charge >= 0.3 is 0 Å². The van der Waals surface area contributed by atoms with Gasteiger partial charge < -0.3 is 15.5 Å². The molecule has 1 aliphatic heterocycles. The molecule has 0 radical (unpaired) electrons. The van der Waals surface area contributed by atoms with Crippen LogP contribution in [0, 0.1) is 5.41 Å². The number of hydrogen-bond donors (Lipinski definition) is 3. The van der Waals surface area contributed by atoms with Crippen molar-refractivity contribution in [1.29, 1.82) is 0 Å². The van der Waals surface area contributed by atoms with Crippen molar-refractivity contribution in [2.75, 3.05) is 0 Å². The van der Waals surface area contributed by atoms with Gasteiger partial charge in [0.05, 0.1) is 0 Å². The molecular weight excluding hydrogens is 194 g/mol. The fourth-order valence-corrected chi connectivity index (χ4v) is 1.89. The van der Waals surface area contributed by atoms with Gasteiger partial charge in [0.1, 0.15) is 0 Å². The molecule has 0 spiro atoms. The van der Waals surface area contributed by atoms with E-state index in [9.17, 15) is 15.0 Å². The average Bonchev–Trinajstić information content (AvgIpc) is 2.09. The fraction of sp³-hybridized carbons (Fsp3) is 0.727. The van der Waals surface area contributed by atoms with Crippen molar-refractivity contribution in [2.45, 2.75) is 45.8 Å². The third-order valence-corrected chi connectivity index (χ3v) is 2.92. The Balaban J connectivity index is 2.86. The van der Waals surface area contributed by atoms with Crippen molar-refractivity contribution in [3.05, 3.63) is 11.8 Å². The SMILES string of the molecule is CCCC(C)(C)C1=CNC(=O)C(O)(O)C1. The van der Waals surface area contributed by atoms with Gasteiger partial charge in [0.25, 0.3) is 5.91 Å². The van der Waals surface area contributed by atoms with E-state index in [0.29, 0.717) is 0 Å². The highest BCUT2D eigenvalue weighted by Gasteiger charge is 2.40. The lowest BCUT2D eigenvalue weighted by Crippen LogP contribution is -2.49. The summed E-state index contributed by atoms with van der Waals surface area (Å²) in [6, 6.07) is 0. The van der Waals surface area contributed by atoms with E-state index in [-0.39, 0.29) is 11.8 Å². The molecule has 1 amide bonds. The minimum Gasteiger partial charge on any atom is -0.358 e. The summed E-state index contributed by atoms with van der Waals surface area (Å²) in [4.78, 5) is 11.1. The summed E-state index contributed by atoms with van der Waals surface area (Å²) in [5.41, 5.74) is 0.757. The fourth-order valence-electron chi connectivity index (χ4n) is 1.89. The number of carbonyl (C=O) groups is 1. The number of amides is 1. The van der Waals surface area contributed by atoms with Crippen LogP contribution in [0.5, 0.6) is 0 Å². The Morgan fingerprint density at radius 2 is 2.13 bits per heavy atom. The van der Waals surface area contributed by atoms with Crippen molar-refractivity contribution in [3.8, 4) is 0 Å². The highest BCUT2D eigenvalue weighted by molar-refractivity contribution is 5.85. The van der Waals surface area contributed by atoms with E-state index in [1.54, 1.807) is 6.20 Å². The molecule has 15 heavy (non-hydrogen) atoms. The van der Waals surface area contributed by atoms with Crippen LogP contribution < -0.4 is 5.32 Å². The van der Waals surface area contributed by atoms with Crippen LogP contribution in [0.4, 0.5) is 0 Å². The Morgan fingerprint density at radius 1 is 1.53 bits per heavy atom. The number of aliphatic hydroxyl groups is 2. The summed E-state index contributed by atoms with van der Waals surface area (Å²) in [5, 5.41) is 21.3. The van der Waals surface area contributed by atoms with Gasteiger partial charge in [-0.1, -0.05) is 27.2 Å². The normalized spacial score (nSPS) is 20.9. The predicted molar refractivity (Wildman–Crippen MR) is 56.7 cm³/mol. The highest BCUT2D eigenvalue weighted by atomic mass is 16.5. The maximum atomic E-state index is 11.1. The van der Waals surface area contributed by atoms with Crippen LogP contribution in [0.1, 0.15) is 40.0 Å². The molecule has 0 saturated carbocycles. The Labute approximate surface area is 90.0 Å². The first-order valence-electron chi connectivity index (χ1n) is 5.25. The highest BCUT2D eigenvalue weighted by Crippen LogP contribution is 2.37. The van der Waals surface area contributed by atoms with Crippen molar-refractivity contribution in [1.82, 2.24) is 5.32 Å². The molecule has 3 N–H and O–H groups in total. The van der Waals surface area contributed by atoms with Crippen LogP contribution in [0.3, 0.4) is 0 Å². The van der Waals surface area contributed by atoms with Gasteiger partial charge in [0, 0.05) is 12.6 Å². The third kappa shape index (κ3) is 2.58. The zero-order chi connectivity index (χ0) is 11.7. The molecule has 4 heteroatoms. The van der Waals surface area contributed by atoms with E-state index in [1.165, 1.54) is 0 Å². The van der Waals surface area contributed by atoms with Gasteiger partial charge in [-0.25, -0.2) is 0 Å². The van der Waals surface area contributed by atoms with Crippen molar-refractivity contribution in [3.63, 3.8) is 0 Å². The average molecular weight is 213 g/mol. The molecule has 86 valence electrons. The lowest BCUT2D eigenvalue weighted by Gasteiger charge is -2.34. The second-order valence-electron chi connectivity index (χ2n) is 4.77. The molecule has 0 atom stereocenters. The summed E-state index contributed by atoms with van der Waals surface area (Å²) in [6.45, 7) is 6.15. The van der Waals surface area contributed by atoms with Gasteiger partial charge in [-0.2, -0.15) is 0 Å². The Kier molecular flexibility index (Phi) is 3.21. The number of nitrogens with one attached hydrogen (secondary N) is 1. The first kappa shape index (κ1) is 12.2. The molecule has 1 aliphatic rings. The van der Waals surface area contributed by atoms with Gasteiger partial charge in [0.15, 0.2) is 0 Å². The maximum Gasteiger partial charge on any atom is 0.284 e. The first-order valence-corrected chi connectivity index (χ1v) is 5.25. The molecule has 0 aromatic rings. The lowest BCUT2D eigenvalue weighted by molar-refractivity contribution is -0.186. The molecular formula is C11H19NO3. The predicted octanol–water partition coefficient (Wildman–Crippen LogP) is 0.897. The van der Waals surface area contributed by atoms with E-state index >= 15 is 0 Å². The Hall–Kier alpha value is -0.870. The Bertz CT molecular complexity index is 292. The summed E-state index contributed by atoms with van der Waals surface area (Å²) in [6.07, 6.45) is 3.56. The lowest BCUT2D eigenvalue weighted by atomic mass is 9.76. The Morgan fingerprint density at radius 3 is 2.60 bits per heavy atom. The number of hydrogen-bond acceptors (Lipinski definition) is 3. The molecule has 1 heterocycles. The second-order valence-corrected chi connectivity index (χ2v) is 4.77. The molecule has 0 fully saturated rings. The monoisotopic (exact) mass is 213 g/mol. The van der Waals surface area contributed by atoms with Gasteiger partial charge in [-0.05, 0) is 17.4 Å². The quantitative estimate of drug-likeness (QED) is 0.610. The summed E-state index contributed by atoms with van der Waals surface area (Å²) in [7, 11) is 0. The van der Waals surface area contributed by atoms with Crippen LogP contribution in [0.25, 0.3) is 0 Å². The van der Waals surface area contributed by atoms with Crippen LogP contribution in [-0.4, -0.2) is 21.9 Å². The van der Waals surface area contributed by atoms with Gasteiger partial charge in [-0.15, -0.1) is 0 Å². The first-order chi connectivity index (χ1) is 6.79. The van der Waals surface area contributed by atoms with Crippen molar-refractivity contribution >= 4 is 5.91 Å². The van der Waals surface area contributed by atoms with Crippen LogP contribution >= 0.6 is 0 Å². The molecule has 0 bridgehead atoms. The number of carbonyl (C=O) groups excluding carboxylic acids is 1. The third-order valence-electron chi connectivity index (χ3n) is 2.92. The molecule has 0 aromatic carbocycles. The standard InChI is InChI=1S/C11H19NO3/c1-4-5-10(2,3)8-6-11(14,15)9(13)12-7-8/h7,14-15H,4-6H2,1-3H3,(H,12,13). The topological polar surface area (TPSA) is 69.6 Å². The van der Waals surface area contributed by atoms with E-state index in [1.807, 2.05) is 13.8 Å². The van der Waals surface area contributed by atoms with Gasteiger partial charge in [-0.3, -0.25) is 4.79 Å². The zero-order valence-corrected chi connectivity index (χ0v) is 9.50. The van der Waals surface area contributed by atoms with Crippen LogP contribution in [0.15, 0.2) is 11.8 Å². The van der Waals surface area contributed by atoms with E-state index < -0.39 is 11.7 Å².